The quantitative estimate of drug-likeness (QED) is 0.573. The molecule has 0 spiro atoms. The van der Waals surface area contributed by atoms with Crippen molar-refractivity contribution in [2.24, 2.45) is 5.92 Å². The second-order valence-electron chi connectivity index (χ2n) is 3.11. The molecule has 0 N–H and O–H groups in total. The summed E-state index contributed by atoms with van der Waals surface area (Å²) in [7, 11) is 0. The van der Waals surface area contributed by atoms with Crippen molar-refractivity contribution in [1.82, 2.24) is 0 Å². The van der Waals surface area contributed by atoms with Crippen molar-refractivity contribution in [2.75, 3.05) is 0 Å². The van der Waals surface area contributed by atoms with Crippen LogP contribution in [0.3, 0.4) is 0 Å². The summed E-state index contributed by atoms with van der Waals surface area (Å²) in [6.07, 6.45) is 7.00. The molecule has 0 rings (SSSR count). The largest absolute Gasteiger partial charge is 0.198 e. The third kappa shape index (κ3) is 5.91. The van der Waals surface area contributed by atoms with Crippen LogP contribution >= 0.6 is 0 Å². The average molecular weight is 153 g/mol. The lowest BCUT2D eigenvalue weighted by atomic mass is 9.95. The summed E-state index contributed by atoms with van der Waals surface area (Å²) in [6, 6.07) is 2.21. The molecule has 0 fully saturated rings. The minimum Gasteiger partial charge on any atom is -0.198 e. The molecule has 0 bridgehead atoms. The van der Waals surface area contributed by atoms with E-state index >= 15 is 0 Å². The van der Waals surface area contributed by atoms with Crippen LogP contribution in [-0.2, 0) is 0 Å². The predicted molar refractivity (Wildman–Crippen MR) is 48.2 cm³/mol. The molecule has 0 aliphatic carbocycles. The molecule has 0 amide bonds. The standard InChI is InChI=1S/C10H19N/c1-3-5-7-10(4-2)8-6-9-11/h10H,3-8H2,1-2H3. The number of nitrogens with zero attached hydrogens (tertiary/aromatic N) is 1. The van der Waals surface area contributed by atoms with Gasteiger partial charge in [0, 0.05) is 6.42 Å². The summed E-state index contributed by atoms with van der Waals surface area (Å²) >= 11 is 0. The van der Waals surface area contributed by atoms with Crippen molar-refractivity contribution in [3.8, 4) is 6.07 Å². The predicted octanol–water partition coefficient (Wildman–Crippen LogP) is 3.51. The maximum absolute atomic E-state index is 8.39. The van der Waals surface area contributed by atoms with Crippen LogP contribution in [-0.4, -0.2) is 0 Å². The smallest absolute Gasteiger partial charge is 0.0621 e. The monoisotopic (exact) mass is 153 g/mol. The molecule has 64 valence electrons. The fraction of sp³-hybridized carbons (Fsp3) is 0.900. The number of hydrogen-bond donors (Lipinski definition) is 0. The van der Waals surface area contributed by atoms with E-state index < -0.39 is 0 Å². The molecular weight excluding hydrogens is 134 g/mol. The Morgan fingerprint density at radius 3 is 2.45 bits per heavy atom. The van der Waals surface area contributed by atoms with E-state index in [0.717, 1.165) is 18.8 Å². The Hall–Kier alpha value is -0.510. The molecule has 11 heavy (non-hydrogen) atoms. The van der Waals surface area contributed by atoms with Gasteiger partial charge in [0.05, 0.1) is 6.07 Å². The van der Waals surface area contributed by atoms with E-state index in [0.29, 0.717) is 0 Å². The molecule has 1 atom stereocenters. The molecule has 0 saturated carbocycles. The highest BCUT2D eigenvalue weighted by molar-refractivity contribution is 4.71. The fourth-order valence-corrected chi connectivity index (χ4v) is 1.31. The van der Waals surface area contributed by atoms with Crippen LogP contribution in [0.5, 0.6) is 0 Å². The summed E-state index contributed by atoms with van der Waals surface area (Å²) in [5.74, 6) is 0.801. The Kier molecular flexibility index (Phi) is 7.24. The van der Waals surface area contributed by atoms with Gasteiger partial charge >= 0.3 is 0 Å². The summed E-state index contributed by atoms with van der Waals surface area (Å²) in [6.45, 7) is 4.44. The maximum Gasteiger partial charge on any atom is 0.0621 e. The van der Waals surface area contributed by atoms with E-state index in [1.165, 1.54) is 25.7 Å². The second kappa shape index (κ2) is 7.60. The van der Waals surface area contributed by atoms with E-state index in [4.69, 9.17) is 5.26 Å². The minimum absolute atomic E-state index is 0.738. The van der Waals surface area contributed by atoms with E-state index in [1.807, 2.05) is 0 Å². The molecular formula is C10H19N. The lowest BCUT2D eigenvalue weighted by Gasteiger charge is -2.11. The first-order valence-corrected chi connectivity index (χ1v) is 4.72. The lowest BCUT2D eigenvalue weighted by Crippen LogP contribution is -1.97. The van der Waals surface area contributed by atoms with Gasteiger partial charge in [0.1, 0.15) is 0 Å². The molecule has 0 aromatic heterocycles. The molecule has 1 heteroatoms. The van der Waals surface area contributed by atoms with Gasteiger partial charge in [0.15, 0.2) is 0 Å². The van der Waals surface area contributed by atoms with Crippen molar-refractivity contribution in [3.63, 3.8) is 0 Å². The molecule has 1 nitrogen and oxygen atoms in total. The van der Waals surface area contributed by atoms with Gasteiger partial charge < -0.3 is 0 Å². The Morgan fingerprint density at radius 1 is 1.27 bits per heavy atom. The van der Waals surface area contributed by atoms with Crippen LogP contribution in [0.25, 0.3) is 0 Å². The molecule has 0 heterocycles. The summed E-state index contributed by atoms with van der Waals surface area (Å²) in [5.41, 5.74) is 0. The highest BCUT2D eigenvalue weighted by atomic mass is 14.2. The van der Waals surface area contributed by atoms with Crippen molar-refractivity contribution < 1.29 is 0 Å². The third-order valence-electron chi connectivity index (χ3n) is 2.21. The lowest BCUT2D eigenvalue weighted by molar-refractivity contribution is 0.426. The van der Waals surface area contributed by atoms with Crippen molar-refractivity contribution in [1.29, 1.82) is 5.26 Å². The minimum atomic E-state index is 0.738. The molecule has 0 aliphatic heterocycles. The van der Waals surface area contributed by atoms with Gasteiger partial charge in [-0.2, -0.15) is 5.26 Å². The van der Waals surface area contributed by atoms with Gasteiger partial charge in [-0.25, -0.2) is 0 Å². The molecule has 0 aromatic carbocycles. The number of rotatable bonds is 6. The zero-order chi connectivity index (χ0) is 8.53. The molecule has 1 unspecified atom stereocenters. The van der Waals surface area contributed by atoms with Gasteiger partial charge in [-0.1, -0.05) is 39.5 Å². The molecule has 0 aliphatic rings. The Bertz CT molecular complexity index is 113. The van der Waals surface area contributed by atoms with Gasteiger partial charge in [-0.05, 0) is 12.3 Å². The van der Waals surface area contributed by atoms with E-state index in [9.17, 15) is 0 Å². The number of nitriles is 1. The maximum atomic E-state index is 8.39. The van der Waals surface area contributed by atoms with E-state index in [1.54, 1.807) is 0 Å². The van der Waals surface area contributed by atoms with Crippen LogP contribution in [0, 0.1) is 17.2 Å². The number of hydrogen-bond acceptors (Lipinski definition) is 1. The van der Waals surface area contributed by atoms with Crippen molar-refractivity contribution >= 4 is 0 Å². The first kappa shape index (κ1) is 10.5. The summed E-state index contributed by atoms with van der Waals surface area (Å²) in [5, 5.41) is 8.39. The third-order valence-corrected chi connectivity index (χ3v) is 2.21. The van der Waals surface area contributed by atoms with E-state index in [-0.39, 0.29) is 0 Å². The zero-order valence-electron chi connectivity index (χ0n) is 7.77. The van der Waals surface area contributed by atoms with Gasteiger partial charge in [-0.3, -0.25) is 0 Å². The SMILES string of the molecule is CCCCC(CC)CCC#N. The van der Waals surface area contributed by atoms with Gasteiger partial charge in [0.25, 0.3) is 0 Å². The van der Waals surface area contributed by atoms with Crippen LogP contribution in [0.15, 0.2) is 0 Å². The average Bonchev–Trinajstić information content (AvgIpc) is 2.05. The fourth-order valence-electron chi connectivity index (χ4n) is 1.31. The highest BCUT2D eigenvalue weighted by Crippen LogP contribution is 2.17. The Balaban J connectivity index is 3.34. The van der Waals surface area contributed by atoms with E-state index in [2.05, 4.69) is 19.9 Å². The van der Waals surface area contributed by atoms with Crippen LogP contribution in [0.1, 0.15) is 52.4 Å². The summed E-state index contributed by atoms with van der Waals surface area (Å²) < 4.78 is 0. The Labute approximate surface area is 70.4 Å². The highest BCUT2D eigenvalue weighted by Gasteiger charge is 2.03. The van der Waals surface area contributed by atoms with Crippen LogP contribution < -0.4 is 0 Å². The topological polar surface area (TPSA) is 23.8 Å². The van der Waals surface area contributed by atoms with Crippen molar-refractivity contribution in [3.05, 3.63) is 0 Å². The molecule has 0 radical (unpaired) electrons. The van der Waals surface area contributed by atoms with Crippen molar-refractivity contribution in [2.45, 2.75) is 52.4 Å². The first-order valence-electron chi connectivity index (χ1n) is 4.72. The zero-order valence-corrected chi connectivity index (χ0v) is 7.77. The second-order valence-corrected chi connectivity index (χ2v) is 3.11. The van der Waals surface area contributed by atoms with Gasteiger partial charge in [-0.15, -0.1) is 0 Å². The van der Waals surface area contributed by atoms with Crippen LogP contribution in [0.2, 0.25) is 0 Å². The van der Waals surface area contributed by atoms with Gasteiger partial charge in [0.2, 0.25) is 0 Å². The normalized spacial score (nSPS) is 12.5. The first-order chi connectivity index (χ1) is 5.35. The van der Waals surface area contributed by atoms with Crippen LogP contribution in [0.4, 0.5) is 0 Å². The number of unbranched alkanes of at least 4 members (excludes halogenated alkanes) is 1. The molecule has 0 aromatic rings. The Morgan fingerprint density at radius 2 is 2.00 bits per heavy atom. The molecule has 0 saturated heterocycles. The summed E-state index contributed by atoms with van der Waals surface area (Å²) in [4.78, 5) is 0.